The van der Waals surface area contributed by atoms with Crippen LogP contribution in [0.15, 0.2) is 42.5 Å². The number of hydrogen-bond acceptors (Lipinski definition) is 6. The first-order chi connectivity index (χ1) is 13.7. The summed E-state index contributed by atoms with van der Waals surface area (Å²) in [5.41, 5.74) is -1.35. The Morgan fingerprint density at radius 1 is 1.24 bits per heavy atom. The van der Waals surface area contributed by atoms with Crippen LogP contribution >= 0.6 is 0 Å². The zero-order chi connectivity index (χ0) is 21.3. The molecule has 1 fully saturated rings. The molecule has 3 amide bonds. The number of nitro groups is 1. The number of nitrogens with one attached hydrogen (secondary N) is 1. The second-order valence-electron chi connectivity index (χ2n) is 6.52. The zero-order valence-corrected chi connectivity index (χ0v) is 15.5. The maximum absolute atomic E-state index is 13.8. The quantitative estimate of drug-likeness (QED) is 0.344. The van der Waals surface area contributed by atoms with E-state index in [4.69, 9.17) is 4.74 Å². The van der Waals surface area contributed by atoms with Crippen LogP contribution in [0.4, 0.5) is 14.9 Å². The number of benzene rings is 2. The third-order valence-electron chi connectivity index (χ3n) is 4.71. The number of halogens is 1. The summed E-state index contributed by atoms with van der Waals surface area (Å²) >= 11 is 0. The van der Waals surface area contributed by atoms with Crippen molar-refractivity contribution in [3.63, 3.8) is 0 Å². The Bertz CT molecular complexity index is 1020. The van der Waals surface area contributed by atoms with Gasteiger partial charge in [0, 0.05) is 17.7 Å². The van der Waals surface area contributed by atoms with Crippen molar-refractivity contribution in [3.8, 4) is 5.75 Å². The molecule has 2 aromatic rings. The fourth-order valence-corrected chi connectivity index (χ4v) is 3.03. The van der Waals surface area contributed by atoms with Crippen molar-refractivity contribution in [2.45, 2.75) is 12.5 Å². The largest absolute Gasteiger partial charge is 0.494 e. The predicted molar refractivity (Wildman–Crippen MR) is 98.0 cm³/mol. The molecule has 29 heavy (non-hydrogen) atoms. The first kappa shape index (κ1) is 19.9. The molecule has 1 aliphatic rings. The number of nitrogens with zero attached hydrogens (tertiary/aromatic N) is 2. The first-order valence-corrected chi connectivity index (χ1v) is 8.43. The number of nitro benzene ring substituents is 1. The van der Waals surface area contributed by atoms with E-state index in [2.05, 4.69) is 5.32 Å². The highest BCUT2D eigenvalue weighted by molar-refractivity contribution is 6.11. The van der Waals surface area contributed by atoms with E-state index in [1.54, 1.807) is 0 Å². The number of methoxy groups -OCH3 is 1. The number of urea groups is 1. The van der Waals surface area contributed by atoms with Gasteiger partial charge in [0.15, 0.2) is 17.3 Å². The van der Waals surface area contributed by atoms with Gasteiger partial charge in [-0.25, -0.2) is 9.18 Å². The Morgan fingerprint density at radius 3 is 2.45 bits per heavy atom. The molecule has 1 aliphatic heterocycles. The van der Waals surface area contributed by atoms with Gasteiger partial charge in [-0.3, -0.25) is 24.6 Å². The van der Waals surface area contributed by atoms with E-state index in [0.717, 1.165) is 11.0 Å². The maximum Gasteiger partial charge on any atom is 0.325 e. The van der Waals surface area contributed by atoms with E-state index >= 15 is 0 Å². The Kier molecular flexibility index (Phi) is 5.02. The van der Waals surface area contributed by atoms with Crippen LogP contribution in [0.1, 0.15) is 22.8 Å². The molecule has 0 radical (unpaired) electrons. The van der Waals surface area contributed by atoms with Crippen LogP contribution in [-0.4, -0.2) is 41.2 Å². The molecular weight excluding hydrogens is 385 g/mol. The normalized spacial score (nSPS) is 18.5. The number of rotatable bonds is 6. The summed E-state index contributed by atoms with van der Waals surface area (Å²) in [4.78, 5) is 48.6. The number of amides is 3. The van der Waals surface area contributed by atoms with E-state index in [1.807, 2.05) is 0 Å². The third kappa shape index (κ3) is 3.51. The molecule has 0 aliphatic carbocycles. The van der Waals surface area contributed by atoms with Crippen molar-refractivity contribution in [2.75, 3.05) is 13.7 Å². The first-order valence-electron chi connectivity index (χ1n) is 8.43. The second-order valence-corrected chi connectivity index (χ2v) is 6.52. The molecule has 1 atom stereocenters. The second kappa shape index (κ2) is 7.30. The molecule has 2 aromatic carbocycles. The Balaban J connectivity index is 1.82. The highest BCUT2D eigenvalue weighted by Gasteiger charge is 2.49. The molecule has 3 rings (SSSR count). The average molecular weight is 401 g/mol. The van der Waals surface area contributed by atoms with Gasteiger partial charge in [0.1, 0.15) is 5.54 Å². The minimum atomic E-state index is -1.49. The standard InChI is InChI=1S/C19H16FN3O6/c1-19(12-4-6-13(7-5-12)23(27)28)17(25)22(18(26)21-19)10-15(24)11-3-8-16(29-2)14(20)9-11/h3-9H,10H2,1-2H3,(H,21,26)/t19-/m0/s1. The van der Waals surface area contributed by atoms with Crippen molar-refractivity contribution in [1.82, 2.24) is 10.2 Å². The Labute approximate surface area is 164 Å². The SMILES string of the molecule is COc1ccc(C(=O)CN2C(=O)N[C@@](C)(c3ccc([N+](=O)[O-])cc3)C2=O)cc1F. The summed E-state index contributed by atoms with van der Waals surface area (Å²) in [6, 6.07) is 7.93. The summed E-state index contributed by atoms with van der Waals surface area (Å²) in [5, 5.41) is 13.3. The molecule has 0 aromatic heterocycles. The lowest BCUT2D eigenvalue weighted by Gasteiger charge is -2.22. The predicted octanol–water partition coefficient (Wildman–Crippen LogP) is 2.39. The summed E-state index contributed by atoms with van der Waals surface area (Å²) in [7, 11) is 1.28. The zero-order valence-electron chi connectivity index (χ0n) is 15.5. The van der Waals surface area contributed by atoms with Gasteiger partial charge in [-0.15, -0.1) is 0 Å². The number of imide groups is 1. The number of carbonyl (C=O) groups is 3. The van der Waals surface area contributed by atoms with E-state index < -0.39 is 40.5 Å². The van der Waals surface area contributed by atoms with E-state index in [0.29, 0.717) is 5.56 Å². The van der Waals surface area contributed by atoms with Gasteiger partial charge in [-0.1, -0.05) is 0 Å². The molecule has 1 N–H and O–H groups in total. The number of ether oxygens (including phenoxy) is 1. The van der Waals surface area contributed by atoms with Crippen molar-refractivity contribution in [1.29, 1.82) is 0 Å². The Hall–Kier alpha value is -3.82. The van der Waals surface area contributed by atoms with Gasteiger partial charge in [0.2, 0.25) is 0 Å². The van der Waals surface area contributed by atoms with Crippen LogP contribution < -0.4 is 10.1 Å². The number of carbonyl (C=O) groups excluding carboxylic acids is 3. The van der Waals surface area contributed by atoms with Gasteiger partial charge in [0.25, 0.3) is 11.6 Å². The third-order valence-corrected chi connectivity index (χ3v) is 4.71. The number of ketones is 1. The molecule has 0 saturated carbocycles. The van der Waals surface area contributed by atoms with Crippen LogP contribution in [0.25, 0.3) is 0 Å². The Morgan fingerprint density at radius 2 is 1.90 bits per heavy atom. The van der Waals surface area contributed by atoms with Crippen molar-refractivity contribution in [2.24, 2.45) is 0 Å². The van der Waals surface area contributed by atoms with Gasteiger partial charge >= 0.3 is 6.03 Å². The van der Waals surface area contributed by atoms with Crippen LogP contribution in [0.3, 0.4) is 0 Å². The lowest BCUT2D eigenvalue weighted by Crippen LogP contribution is -2.41. The summed E-state index contributed by atoms with van der Waals surface area (Å²) in [5.74, 6) is -2.12. The summed E-state index contributed by atoms with van der Waals surface area (Å²) in [6.07, 6.45) is 0. The molecule has 9 nitrogen and oxygen atoms in total. The smallest absolute Gasteiger partial charge is 0.325 e. The van der Waals surface area contributed by atoms with Gasteiger partial charge in [-0.2, -0.15) is 0 Å². The van der Waals surface area contributed by atoms with Crippen LogP contribution in [0, 0.1) is 15.9 Å². The number of hydrogen-bond donors (Lipinski definition) is 1. The van der Waals surface area contributed by atoms with Crippen LogP contribution in [-0.2, 0) is 10.3 Å². The van der Waals surface area contributed by atoms with Crippen molar-refractivity contribution >= 4 is 23.4 Å². The van der Waals surface area contributed by atoms with Gasteiger partial charge < -0.3 is 10.1 Å². The van der Waals surface area contributed by atoms with Crippen molar-refractivity contribution < 1.29 is 28.4 Å². The van der Waals surface area contributed by atoms with Crippen LogP contribution in [0.2, 0.25) is 0 Å². The minimum absolute atomic E-state index is 0.0205. The van der Waals surface area contributed by atoms with Crippen molar-refractivity contribution in [3.05, 3.63) is 69.5 Å². The highest BCUT2D eigenvalue weighted by atomic mass is 19.1. The number of non-ortho nitro benzene ring substituents is 1. The average Bonchev–Trinajstić information content (AvgIpc) is 2.91. The van der Waals surface area contributed by atoms with Crippen LogP contribution in [0.5, 0.6) is 5.75 Å². The summed E-state index contributed by atoms with van der Waals surface area (Å²) < 4.78 is 18.6. The molecule has 1 saturated heterocycles. The fourth-order valence-electron chi connectivity index (χ4n) is 3.03. The minimum Gasteiger partial charge on any atom is -0.494 e. The molecule has 0 bridgehead atoms. The molecule has 0 unspecified atom stereocenters. The lowest BCUT2D eigenvalue weighted by molar-refractivity contribution is -0.384. The topological polar surface area (TPSA) is 119 Å². The van der Waals surface area contributed by atoms with E-state index in [1.165, 1.54) is 50.4 Å². The maximum atomic E-state index is 13.8. The highest BCUT2D eigenvalue weighted by Crippen LogP contribution is 2.30. The van der Waals surface area contributed by atoms with E-state index in [9.17, 15) is 28.9 Å². The molecule has 10 heteroatoms. The molecule has 0 spiro atoms. The number of Topliss-reactive ketones (excluding diaryl/α,β-unsaturated/α-hetero) is 1. The molecular formula is C19H16FN3O6. The van der Waals surface area contributed by atoms with E-state index in [-0.39, 0.29) is 17.0 Å². The van der Waals surface area contributed by atoms with Gasteiger partial charge in [0.05, 0.1) is 18.6 Å². The monoisotopic (exact) mass is 401 g/mol. The lowest BCUT2D eigenvalue weighted by atomic mass is 9.92. The molecule has 1 heterocycles. The fraction of sp³-hybridized carbons (Fsp3) is 0.211. The summed E-state index contributed by atoms with van der Waals surface area (Å²) in [6.45, 7) is 0.852. The molecule has 150 valence electrons. The van der Waals surface area contributed by atoms with Gasteiger partial charge in [-0.05, 0) is 42.8 Å².